The third-order valence-electron chi connectivity index (χ3n) is 9.46. The second-order valence-electron chi connectivity index (χ2n) is 12.5. The smallest absolute Gasteiger partial charge is 0.294 e. The molecule has 0 aliphatic carbocycles. The fourth-order valence-electron chi connectivity index (χ4n) is 6.85. The Morgan fingerprint density at radius 1 is 0.434 bits per heavy atom. The van der Waals surface area contributed by atoms with E-state index in [-0.39, 0.29) is 60.6 Å². The molecule has 0 spiro atoms. The summed E-state index contributed by atoms with van der Waals surface area (Å²) in [6, 6.07) is 47.5. The number of hydrogen-bond acceptors (Lipinski definition) is 9. The van der Waals surface area contributed by atoms with E-state index in [9.17, 15) is 27.0 Å². The average molecular weight is 767 g/mol. The molecule has 0 bridgehead atoms. The van der Waals surface area contributed by atoms with Crippen LogP contribution in [0.25, 0.3) is 0 Å². The molecule has 2 unspecified atom stereocenters. The minimum atomic E-state index is -4.88. The number of benzene rings is 6. The van der Waals surface area contributed by atoms with E-state index in [1.165, 1.54) is 24.3 Å². The number of aryl methyl sites for hydroxylation is 2. The Kier molecular flexibility index (Phi) is 11.7. The van der Waals surface area contributed by atoms with E-state index >= 15 is 0 Å². The molecule has 0 radical (unpaired) electrons. The second kappa shape index (κ2) is 16.4. The topological polar surface area (TPSA) is 127 Å². The Labute approximate surface area is 315 Å². The van der Waals surface area contributed by atoms with Gasteiger partial charge in [-0.05, 0) is 60.1 Å². The summed E-state index contributed by atoms with van der Waals surface area (Å²) in [4.78, 5) is 0. The van der Waals surface area contributed by atoms with Crippen molar-refractivity contribution in [2.75, 3.05) is 0 Å². The largest absolute Gasteiger partial charge is 0.508 e. The van der Waals surface area contributed by atoms with Gasteiger partial charge in [-0.2, -0.15) is 24.1 Å². The van der Waals surface area contributed by atoms with Crippen molar-refractivity contribution in [2.24, 2.45) is 0 Å². The SMILES string of the molecule is O=S(=O)(OSOS(=O)(=O)C(CCc1ccccc1)(c1ccccc1)c1ccccc1O)C(CCc1ccccc1)(c1ccccc1)c1ccccc1O. The maximum atomic E-state index is 14.8. The minimum Gasteiger partial charge on any atom is -0.508 e. The summed E-state index contributed by atoms with van der Waals surface area (Å²) < 4.78 is 66.3. The lowest BCUT2D eigenvalue weighted by Gasteiger charge is -2.35. The highest BCUT2D eigenvalue weighted by atomic mass is 32.3. The molecule has 0 aliphatic heterocycles. The van der Waals surface area contributed by atoms with Gasteiger partial charge in [0.15, 0.2) is 21.8 Å². The van der Waals surface area contributed by atoms with Gasteiger partial charge in [-0.15, -0.1) is 0 Å². The molecule has 0 saturated heterocycles. The second-order valence-corrected chi connectivity index (χ2v) is 16.9. The molecule has 0 aromatic heterocycles. The number of phenolic OH excluding ortho intramolecular Hbond substituents is 2. The molecule has 6 rings (SSSR count). The van der Waals surface area contributed by atoms with Gasteiger partial charge in [0.1, 0.15) is 11.5 Å². The highest BCUT2D eigenvalue weighted by Crippen LogP contribution is 2.50. The fourth-order valence-corrected chi connectivity index (χ4v) is 11.1. The number of rotatable bonds is 16. The van der Waals surface area contributed by atoms with Crippen molar-refractivity contribution in [3.8, 4) is 11.5 Å². The van der Waals surface area contributed by atoms with Crippen molar-refractivity contribution in [3.63, 3.8) is 0 Å². The molecule has 53 heavy (non-hydrogen) atoms. The summed E-state index contributed by atoms with van der Waals surface area (Å²) in [6.07, 6.45) is 0.384. The molecule has 0 saturated carbocycles. The first-order chi connectivity index (χ1) is 25.6. The van der Waals surface area contributed by atoms with Crippen LogP contribution in [0.1, 0.15) is 46.2 Å². The van der Waals surface area contributed by atoms with Crippen LogP contribution in [0.2, 0.25) is 0 Å². The highest BCUT2D eigenvalue weighted by Gasteiger charge is 2.53. The molecule has 8 nitrogen and oxygen atoms in total. The van der Waals surface area contributed by atoms with Gasteiger partial charge in [0.05, 0.1) is 0 Å². The highest BCUT2D eigenvalue weighted by molar-refractivity contribution is 8.07. The fraction of sp³-hybridized carbons (Fsp3) is 0.143. The summed E-state index contributed by atoms with van der Waals surface area (Å²) in [5, 5.41) is 22.4. The molecule has 2 atom stereocenters. The maximum absolute atomic E-state index is 14.8. The van der Waals surface area contributed by atoms with Crippen LogP contribution < -0.4 is 0 Å². The van der Waals surface area contributed by atoms with Crippen LogP contribution in [0.15, 0.2) is 170 Å². The van der Waals surface area contributed by atoms with Crippen LogP contribution in [-0.4, -0.2) is 27.0 Å². The minimum absolute atomic E-state index is 0.0567. The molecular weight excluding hydrogens is 729 g/mol. The molecule has 2 N–H and O–H groups in total. The molecule has 11 heteroatoms. The van der Waals surface area contributed by atoms with Gasteiger partial charge in [0, 0.05) is 11.1 Å². The lowest BCUT2D eigenvalue weighted by molar-refractivity contribution is 0.414. The third-order valence-corrected chi connectivity index (χ3v) is 14.4. The van der Waals surface area contributed by atoms with Gasteiger partial charge in [0.25, 0.3) is 20.2 Å². The van der Waals surface area contributed by atoms with Crippen molar-refractivity contribution in [2.45, 2.75) is 35.2 Å². The predicted molar refractivity (Wildman–Crippen MR) is 208 cm³/mol. The van der Waals surface area contributed by atoms with Crippen LogP contribution in [0, 0.1) is 0 Å². The Morgan fingerprint density at radius 3 is 1.08 bits per heavy atom. The number of phenols is 2. The molecule has 0 amide bonds. The monoisotopic (exact) mass is 766 g/mol. The number of para-hydroxylation sites is 2. The molecular formula is C42H38O8S3. The van der Waals surface area contributed by atoms with Crippen molar-refractivity contribution < 1.29 is 34.3 Å². The van der Waals surface area contributed by atoms with Crippen molar-refractivity contribution in [1.82, 2.24) is 0 Å². The quantitative estimate of drug-likeness (QED) is 0.0930. The molecule has 0 fully saturated rings. The van der Waals surface area contributed by atoms with Gasteiger partial charge < -0.3 is 10.2 Å². The van der Waals surface area contributed by atoms with Gasteiger partial charge in [-0.3, -0.25) is 0 Å². The van der Waals surface area contributed by atoms with Gasteiger partial charge in [-0.1, -0.05) is 158 Å². The van der Waals surface area contributed by atoms with E-state index in [4.69, 9.17) is 7.26 Å². The molecule has 0 heterocycles. The van der Waals surface area contributed by atoms with Crippen LogP contribution in [0.3, 0.4) is 0 Å². The normalized spacial score (nSPS) is 14.2. The first-order valence-electron chi connectivity index (χ1n) is 16.9. The van der Waals surface area contributed by atoms with Gasteiger partial charge in [0.2, 0.25) is 0 Å². The summed E-state index contributed by atoms with van der Waals surface area (Å²) >= 11 is -0.185. The number of aromatic hydroxyl groups is 2. The molecule has 0 aliphatic rings. The standard InChI is InChI=1S/C42H38O8S3/c43-39-27-15-13-25-37(39)41(35-21-9-3-10-22-35,31-29-33-17-5-1-6-18-33)52(45,46)49-51-50-53(47,48)42(36-23-11-4-12-24-36,38-26-14-16-28-40(38)44)32-30-34-19-7-2-8-20-34/h1-28,43-44H,29-32H2. The summed E-state index contributed by atoms with van der Waals surface area (Å²) in [5.74, 6) is -0.558. The van der Waals surface area contributed by atoms with Crippen LogP contribution in [0.5, 0.6) is 11.5 Å². The maximum Gasteiger partial charge on any atom is 0.294 e. The van der Waals surface area contributed by atoms with Crippen LogP contribution in [-0.2, 0) is 49.8 Å². The van der Waals surface area contributed by atoms with Crippen molar-refractivity contribution in [1.29, 1.82) is 0 Å². The Hall–Kier alpha value is -4.91. The zero-order valence-corrected chi connectivity index (χ0v) is 31.0. The lowest BCUT2D eigenvalue weighted by Crippen LogP contribution is -2.40. The Balaban J connectivity index is 1.42. The first kappa shape index (κ1) is 37.8. The van der Waals surface area contributed by atoms with E-state index < -0.39 is 29.7 Å². The Morgan fingerprint density at radius 2 is 0.736 bits per heavy atom. The van der Waals surface area contributed by atoms with Crippen LogP contribution in [0.4, 0.5) is 0 Å². The predicted octanol–water partition coefficient (Wildman–Crippen LogP) is 8.81. The van der Waals surface area contributed by atoms with E-state index in [1.54, 1.807) is 84.9 Å². The summed E-state index contributed by atoms with van der Waals surface area (Å²) in [5.41, 5.74) is 2.41. The van der Waals surface area contributed by atoms with Crippen LogP contribution >= 0.6 is 12.3 Å². The molecule has 6 aromatic rings. The molecule has 272 valence electrons. The molecule has 6 aromatic carbocycles. The van der Waals surface area contributed by atoms with Crippen molar-refractivity contribution in [3.05, 3.63) is 203 Å². The van der Waals surface area contributed by atoms with Crippen molar-refractivity contribution >= 4 is 32.6 Å². The average Bonchev–Trinajstić information content (AvgIpc) is 3.18. The van der Waals surface area contributed by atoms with E-state index in [0.717, 1.165) is 11.1 Å². The first-order valence-corrected chi connectivity index (χ1v) is 20.4. The summed E-state index contributed by atoms with van der Waals surface area (Å²) in [6.45, 7) is 0. The Bertz CT molecular complexity index is 2160. The summed E-state index contributed by atoms with van der Waals surface area (Å²) in [7, 11) is -9.76. The van der Waals surface area contributed by atoms with E-state index in [1.807, 2.05) is 60.7 Å². The lowest BCUT2D eigenvalue weighted by atomic mass is 9.84. The van der Waals surface area contributed by atoms with E-state index in [2.05, 4.69) is 0 Å². The number of hydrogen-bond donors (Lipinski definition) is 2. The van der Waals surface area contributed by atoms with Gasteiger partial charge >= 0.3 is 0 Å². The zero-order valence-electron chi connectivity index (χ0n) is 28.6. The zero-order chi connectivity index (χ0) is 37.4. The third kappa shape index (κ3) is 7.76. The van der Waals surface area contributed by atoms with Gasteiger partial charge in [-0.25, -0.2) is 0 Å². The van der Waals surface area contributed by atoms with E-state index in [0.29, 0.717) is 11.1 Å².